The minimum Gasteiger partial charge on any atom is -0.311 e. The van der Waals surface area contributed by atoms with Gasteiger partial charge in [0.2, 0.25) is 0 Å². The second kappa shape index (κ2) is 12.8. The summed E-state index contributed by atoms with van der Waals surface area (Å²) in [5.74, 6) is 1.43. The SMILES string of the molecule is c1ccc(N(c2ccc(-c3nnc(-c4ccc5ccccc5n4)n3-c3ccccc3)cc2)c2ccc(-n3c4ccccc4c4ccccc43)cc2)cc1. The maximum absolute atomic E-state index is 4.96. The lowest BCUT2D eigenvalue weighted by molar-refractivity contribution is 1.06. The van der Waals surface area contributed by atoms with Gasteiger partial charge in [-0.15, -0.1) is 10.2 Å². The van der Waals surface area contributed by atoms with Crippen LogP contribution in [-0.4, -0.2) is 24.3 Å². The molecule has 3 aromatic heterocycles. The number of pyridine rings is 1. The molecule has 0 fully saturated rings. The number of fused-ring (bicyclic) bond motifs is 4. The van der Waals surface area contributed by atoms with Crippen molar-refractivity contribution in [1.82, 2.24) is 24.3 Å². The average Bonchev–Trinajstić information content (AvgIpc) is 3.83. The first kappa shape index (κ1) is 30.5. The summed E-state index contributed by atoms with van der Waals surface area (Å²) >= 11 is 0. The predicted molar refractivity (Wildman–Crippen MR) is 217 cm³/mol. The fourth-order valence-electron chi connectivity index (χ4n) is 7.38. The van der Waals surface area contributed by atoms with Crippen LogP contribution in [0.4, 0.5) is 17.1 Å². The van der Waals surface area contributed by atoms with Gasteiger partial charge in [-0.25, -0.2) is 4.98 Å². The first-order chi connectivity index (χ1) is 26.3. The van der Waals surface area contributed by atoms with Crippen molar-refractivity contribution < 1.29 is 0 Å². The molecule has 0 aliphatic carbocycles. The molecular formula is C47H32N6. The summed E-state index contributed by atoms with van der Waals surface area (Å²) < 4.78 is 4.44. The summed E-state index contributed by atoms with van der Waals surface area (Å²) in [6, 6.07) is 67.6. The van der Waals surface area contributed by atoms with E-state index >= 15 is 0 Å². The Kier molecular flexibility index (Phi) is 7.36. The highest BCUT2D eigenvalue weighted by Gasteiger charge is 2.20. The van der Waals surface area contributed by atoms with Gasteiger partial charge in [-0.1, -0.05) is 97.1 Å². The van der Waals surface area contributed by atoms with E-state index in [2.05, 4.69) is 166 Å². The summed E-state index contributed by atoms with van der Waals surface area (Å²) in [6.45, 7) is 0. The topological polar surface area (TPSA) is 51.8 Å². The lowest BCUT2D eigenvalue weighted by atomic mass is 10.1. The van der Waals surface area contributed by atoms with Gasteiger partial charge in [0.1, 0.15) is 5.69 Å². The summed E-state index contributed by atoms with van der Waals surface area (Å²) in [7, 11) is 0. The first-order valence-corrected chi connectivity index (χ1v) is 17.7. The number of anilines is 3. The Balaban J connectivity index is 1.05. The van der Waals surface area contributed by atoms with Crippen LogP contribution in [-0.2, 0) is 0 Å². The lowest BCUT2D eigenvalue weighted by Gasteiger charge is -2.26. The van der Waals surface area contributed by atoms with Crippen LogP contribution in [0.2, 0.25) is 0 Å². The number of hydrogen-bond acceptors (Lipinski definition) is 4. The van der Waals surface area contributed by atoms with Crippen molar-refractivity contribution >= 4 is 49.8 Å². The van der Waals surface area contributed by atoms with E-state index in [1.807, 2.05) is 42.5 Å². The Morgan fingerprint density at radius 3 is 1.60 bits per heavy atom. The van der Waals surface area contributed by atoms with E-state index in [1.54, 1.807) is 0 Å². The van der Waals surface area contributed by atoms with Crippen LogP contribution in [0.25, 0.3) is 67.0 Å². The van der Waals surface area contributed by atoms with E-state index in [9.17, 15) is 0 Å². The van der Waals surface area contributed by atoms with Gasteiger partial charge in [-0.05, 0) is 97.1 Å². The molecule has 6 heteroatoms. The molecule has 3 heterocycles. The van der Waals surface area contributed by atoms with Crippen molar-refractivity contribution in [3.05, 3.63) is 194 Å². The molecule has 0 aliphatic rings. The van der Waals surface area contributed by atoms with Crippen LogP contribution >= 0.6 is 0 Å². The predicted octanol–water partition coefficient (Wildman–Crippen LogP) is 11.7. The molecule has 250 valence electrons. The van der Waals surface area contributed by atoms with Crippen LogP contribution in [0.1, 0.15) is 0 Å². The Labute approximate surface area is 306 Å². The molecule has 7 aromatic carbocycles. The van der Waals surface area contributed by atoms with Crippen LogP contribution in [0.5, 0.6) is 0 Å². The summed E-state index contributed by atoms with van der Waals surface area (Å²) in [4.78, 5) is 7.25. The smallest absolute Gasteiger partial charge is 0.187 e. The Bertz CT molecular complexity index is 2820. The molecule has 0 aliphatic heterocycles. The van der Waals surface area contributed by atoms with Crippen LogP contribution in [0, 0.1) is 0 Å². The van der Waals surface area contributed by atoms with Crippen molar-refractivity contribution in [2.75, 3.05) is 4.90 Å². The molecule has 0 spiro atoms. The third kappa shape index (κ3) is 5.32. The number of nitrogens with zero attached hydrogens (tertiary/aromatic N) is 6. The maximum Gasteiger partial charge on any atom is 0.187 e. The monoisotopic (exact) mass is 680 g/mol. The van der Waals surface area contributed by atoms with E-state index in [-0.39, 0.29) is 0 Å². The number of para-hydroxylation sites is 5. The molecule has 10 rings (SSSR count). The number of aromatic nitrogens is 5. The highest BCUT2D eigenvalue weighted by Crippen LogP contribution is 2.38. The van der Waals surface area contributed by atoms with E-state index in [1.165, 1.54) is 21.8 Å². The molecule has 0 unspecified atom stereocenters. The van der Waals surface area contributed by atoms with Gasteiger partial charge in [0, 0.05) is 50.2 Å². The number of rotatable bonds is 7. The molecule has 10 aromatic rings. The zero-order valence-electron chi connectivity index (χ0n) is 28.7. The molecule has 0 saturated heterocycles. The minimum absolute atomic E-state index is 0.690. The van der Waals surface area contributed by atoms with E-state index < -0.39 is 0 Å². The molecule has 0 saturated carbocycles. The van der Waals surface area contributed by atoms with Crippen molar-refractivity contribution in [2.24, 2.45) is 0 Å². The maximum atomic E-state index is 4.96. The summed E-state index contributed by atoms with van der Waals surface area (Å²) in [5.41, 5.74) is 10.3. The molecule has 0 atom stereocenters. The van der Waals surface area contributed by atoms with Crippen molar-refractivity contribution in [2.45, 2.75) is 0 Å². The molecule has 0 amide bonds. The molecule has 0 N–H and O–H groups in total. The molecule has 6 nitrogen and oxygen atoms in total. The Hall–Kier alpha value is -7.31. The zero-order chi connectivity index (χ0) is 35.1. The van der Waals surface area contributed by atoms with Crippen LogP contribution in [0.3, 0.4) is 0 Å². The van der Waals surface area contributed by atoms with Crippen molar-refractivity contribution in [3.63, 3.8) is 0 Å². The number of benzene rings is 7. The van der Waals surface area contributed by atoms with Crippen molar-refractivity contribution in [3.8, 4) is 34.3 Å². The largest absolute Gasteiger partial charge is 0.311 e. The highest BCUT2D eigenvalue weighted by molar-refractivity contribution is 6.09. The number of hydrogen-bond donors (Lipinski definition) is 0. The second-order valence-electron chi connectivity index (χ2n) is 13.0. The Morgan fingerprint density at radius 2 is 0.906 bits per heavy atom. The van der Waals surface area contributed by atoms with Crippen LogP contribution in [0.15, 0.2) is 194 Å². The summed E-state index contributed by atoms with van der Waals surface area (Å²) in [5, 5.41) is 13.0. The average molecular weight is 681 g/mol. The molecule has 0 bridgehead atoms. The fraction of sp³-hybridized carbons (Fsp3) is 0. The fourth-order valence-corrected chi connectivity index (χ4v) is 7.38. The van der Waals surface area contributed by atoms with Gasteiger partial charge in [0.15, 0.2) is 11.6 Å². The standard InChI is InChI=1S/C47H32N6/c1-3-14-35(15-4-1)51(38-28-30-39(31-29-38)52-44-21-11-8-18-40(44)41-19-9-12-22-45(41)52)37-26-23-34(24-27-37)46-49-50-47(53(46)36-16-5-2-6-17-36)43-32-25-33-13-7-10-20-42(33)48-43/h1-32H. The quantitative estimate of drug-likeness (QED) is 0.168. The van der Waals surface area contributed by atoms with E-state index in [0.717, 1.165) is 56.4 Å². The minimum atomic E-state index is 0.690. The van der Waals surface area contributed by atoms with Gasteiger partial charge >= 0.3 is 0 Å². The normalized spacial score (nSPS) is 11.4. The first-order valence-electron chi connectivity index (χ1n) is 17.7. The van der Waals surface area contributed by atoms with Gasteiger partial charge in [-0.3, -0.25) is 4.57 Å². The third-order valence-electron chi connectivity index (χ3n) is 9.85. The van der Waals surface area contributed by atoms with E-state index in [0.29, 0.717) is 5.82 Å². The van der Waals surface area contributed by atoms with Gasteiger partial charge in [-0.2, -0.15) is 0 Å². The van der Waals surface area contributed by atoms with Gasteiger partial charge < -0.3 is 9.47 Å². The van der Waals surface area contributed by atoms with Crippen LogP contribution < -0.4 is 4.90 Å². The zero-order valence-corrected chi connectivity index (χ0v) is 28.7. The third-order valence-corrected chi connectivity index (χ3v) is 9.85. The second-order valence-corrected chi connectivity index (χ2v) is 13.0. The highest BCUT2D eigenvalue weighted by atomic mass is 15.3. The van der Waals surface area contributed by atoms with Gasteiger partial charge in [0.05, 0.1) is 16.6 Å². The summed E-state index contributed by atoms with van der Waals surface area (Å²) in [6.07, 6.45) is 0. The van der Waals surface area contributed by atoms with Crippen molar-refractivity contribution in [1.29, 1.82) is 0 Å². The van der Waals surface area contributed by atoms with E-state index in [4.69, 9.17) is 15.2 Å². The lowest BCUT2D eigenvalue weighted by Crippen LogP contribution is -2.10. The molecular weight excluding hydrogens is 649 g/mol. The Morgan fingerprint density at radius 1 is 0.377 bits per heavy atom. The molecule has 0 radical (unpaired) electrons. The van der Waals surface area contributed by atoms with Gasteiger partial charge in [0.25, 0.3) is 0 Å². The molecule has 53 heavy (non-hydrogen) atoms.